The maximum Gasteiger partial charge on any atom is 0.0334 e. The SMILES string of the molecule is CC(C)(C)C1CN(CC2CC2)C(C)(C2CC2)CN1. The first kappa shape index (κ1) is 12.9. The molecule has 3 rings (SSSR count). The lowest BCUT2D eigenvalue weighted by Crippen LogP contribution is -2.67. The summed E-state index contributed by atoms with van der Waals surface area (Å²) in [5, 5.41) is 3.85. The molecule has 2 unspecified atom stereocenters. The summed E-state index contributed by atoms with van der Waals surface area (Å²) in [6.45, 7) is 13.5. The molecule has 104 valence electrons. The molecule has 0 bridgehead atoms. The highest BCUT2D eigenvalue weighted by atomic mass is 15.3. The molecule has 0 amide bonds. The molecule has 0 aromatic rings. The number of rotatable bonds is 3. The Balaban J connectivity index is 1.72. The summed E-state index contributed by atoms with van der Waals surface area (Å²) in [6, 6.07) is 0.656. The van der Waals surface area contributed by atoms with Crippen molar-refractivity contribution in [2.24, 2.45) is 17.3 Å². The predicted octanol–water partition coefficient (Wildman–Crippen LogP) is 2.89. The largest absolute Gasteiger partial charge is 0.310 e. The van der Waals surface area contributed by atoms with Crippen LogP contribution in [0.2, 0.25) is 0 Å². The van der Waals surface area contributed by atoms with Crippen LogP contribution < -0.4 is 5.32 Å². The first-order chi connectivity index (χ1) is 8.39. The fourth-order valence-electron chi connectivity index (χ4n) is 3.52. The Kier molecular flexibility index (Phi) is 3.02. The van der Waals surface area contributed by atoms with Gasteiger partial charge in [-0.25, -0.2) is 0 Å². The number of hydrogen-bond acceptors (Lipinski definition) is 2. The molecule has 3 fully saturated rings. The second kappa shape index (κ2) is 4.21. The smallest absolute Gasteiger partial charge is 0.0334 e. The molecule has 0 radical (unpaired) electrons. The molecule has 1 N–H and O–H groups in total. The maximum absolute atomic E-state index is 3.85. The van der Waals surface area contributed by atoms with E-state index < -0.39 is 0 Å². The maximum atomic E-state index is 3.85. The summed E-state index contributed by atoms with van der Waals surface area (Å²) in [7, 11) is 0. The second-order valence-electron chi connectivity index (χ2n) is 8.28. The molecular weight excluding hydrogens is 220 g/mol. The van der Waals surface area contributed by atoms with Gasteiger partial charge in [0.1, 0.15) is 0 Å². The average Bonchev–Trinajstić information content (AvgIpc) is 3.14. The first-order valence-electron chi connectivity index (χ1n) is 7.88. The van der Waals surface area contributed by atoms with Crippen LogP contribution in [0.5, 0.6) is 0 Å². The molecule has 2 atom stereocenters. The Morgan fingerprint density at radius 1 is 1.17 bits per heavy atom. The molecular formula is C16H30N2. The van der Waals surface area contributed by atoms with Gasteiger partial charge in [0, 0.05) is 31.2 Å². The molecule has 1 heterocycles. The third kappa shape index (κ3) is 2.46. The minimum absolute atomic E-state index is 0.382. The normalized spacial score (nSPS) is 39.0. The zero-order chi connectivity index (χ0) is 13.0. The lowest BCUT2D eigenvalue weighted by molar-refractivity contribution is 0.00722. The van der Waals surface area contributed by atoms with E-state index in [1.807, 2.05) is 0 Å². The quantitative estimate of drug-likeness (QED) is 0.828. The Morgan fingerprint density at radius 3 is 2.33 bits per heavy atom. The van der Waals surface area contributed by atoms with Crippen LogP contribution in [-0.4, -0.2) is 36.1 Å². The highest BCUT2D eigenvalue weighted by Crippen LogP contribution is 2.46. The summed E-state index contributed by atoms with van der Waals surface area (Å²) in [6.07, 6.45) is 5.87. The summed E-state index contributed by atoms with van der Waals surface area (Å²) in [5.74, 6) is 1.98. The van der Waals surface area contributed by atoms with E-state index in [4.69, 9.17) is 0 Å². The third-order valence-corrected chi connectivity index (χ3v) is 5.51. The molecule has 2 saturated carbocycles. The van der Waals surface area contributed by atoms with Crippen molar-refractivity contribution in [1.29, 1.82) is 0 Å². The molecule has 0 spiro atoms. The van der Waals surface area contributed by atoms with E-state index in [9.17, 15) is 0 Å². The van der Waals surface area contributed by atoms with Crippen molar-refractivity contribution < 1.29 is 0 Å². The van der Waals surface area contributed by atoms with E-state index in [0.29, 0.717) is 17.0 Å². The molecule has 2 aliphatic carbocycles. The molecule has 18 heavy (non-hydrogen) atoms. The Labute approximate surface area is 113 Å². The minimum Gasteiger partial charge on any atom is -0.310 e. The standard InChI is InChI=1S/C16H30N2/c1-15(2,3)14-10-18(9-12-5-6-12)16(4,11-17-14)13-7-8-13/h12-14,17H,5-11H2,1-4H3. The second-order valence-corrected chi connectivity index (χ2v) is 8.28. The van der Waals surface area contributed by atoms with Crippen LogP contribution >= 0.6 is 0 Å². The number of hydrogen-bond donors (Lipinski definition) is 1. The van der Waals surface area contributed by atoms with Gasteiger partial charge in [0.2, 0.25) is 0 Å². The van der Waals surface area contributed by atoms with Gasteiger partial charge in [-0.1, -0.05) is 20.8 Å². The summed E-state index contributed by atoms with van der Waals surface area (Å²) >= 11 is 0. The zero-order valence-corrected chi connectivity index (χ0v) is 12.6. The van der Waals surface area contributed by atoms with Crippen molar-refractivity contribution in [3.63, 3.8) is 0 Å². The predicted molar refractivity (Wildman–Crippen MR) is 76.7 cm³/mol. The molecule has 2 nitrogen and oxygen atoms in total. The van der Waals surface area contributed by atoms with Gasteiger partial charge in [-0.3, -0.25) is 4.90 Å². The van der Waals surface area contributed by atoms with Gasteiger partial charge >= 0.3 is 0 Å². The van der Waals surface area contributed by atoms with Crippen molar-refractivity contribution in [2.45, 2.75) is 65.0 Å². The van der Waals surface area contributed by atoms with E-state index in [1.54, 1.807) is 0 Å². The monoisotopic (exact) mass is 250 g/mol. The number of piperazine rings is 1. The van der Waals surface area contributed by atoms with Gasteiger partial charge in [0.15, 0.2) is 0 Å². The summed E-state index contributed by atoms with van der Waals surface area (Å²) in [4.78, 5) is 2.86. The van der Waals surface area contributed by atoms with Crippen molar-refractivity contribution in [2.75, 3.05) is 19.6 Å². The van der Waals surface area contributed by atoms with E-state index in [-0.39, 0.29) is 0 Å². The van der Waals surface area contributed by atoms with E-state index in [1.165, 1.54) is 45.3 Å². The highest BCUT2D eigenvalue weighted by Gasteiger charge is 2.50. The number of nitrogens with zero attached hydrogens (tertiary/aromatic N) is 1. The van der Waals surface area contributed by atoms with Crippen molar-refractivity contribution in [1.82, 2.24) is 10.2 Å². The van der Waals surface area contributed by atoms with Crippen molar-refractivity contribution in [3.8, 4) is 0 Å². The Bertz CT molecular complexity index is 312. The molecule has 1 saturated heterocycles. The van der Waals surface area contributed by atoms with Crippen molar-refractivity contribution in [3.05, 3.63) is 0 Å². The third-order valence-electron chi connectivity index (χ3n) is 5.51. The Morgan fingerprint density at radius 2 is 1.83 bits per heavy atom. The first-order valence-corrected chi connectivity index (χ1v) is 7.88. The van der Waals surface area contributed by atoms with Crippen LogP contribution in [0.1, 0.15) is 53.4 Å². The minimum atomic E-state index is 0.382. The van der Waals surface area contributed by atoms with Crippen LogP contribution in [0.25, 0.3) is 0 Å². The molecule has 2 heteroatoms. The molecule has 0 aromatic heterocycles. The fourth-order valence-corrected chi connectivity index (χ4v) is 3.52. The van der Waals surface area contributed by atoms with Crippen LogP contribution in [0, 0.1) is 17.3 Å². The van der Waals surface area contributed by atoms with Gasteiger partial charge in [0.25, 0.3) is 0 Å². The summed E-state index contributed by atoms with van der Waals surface area (Å²) in [5.41, 5.74) is 0.830. The van der Waals surface area contributed by atoms with Gasteiger partial charge < -0.3 is 5.32 Å². The molecule has 1 aliphatic heterocycles. The van der Waals surface area contributed by atoms with Gasteiger partial charge in [-0.2, -0.15) is 0 Å². The van der Waals surface area contributed by atoms with Crippen LogP contribution in [0.3, 0.4) is 0 Å². The zero-order valence-electron chi connectivity index (χ0n) is 12.6. The molecule has 3 aliphatic rings. The fraction of sp³-hybridized carbons (Fsp3) is 1.00. The average molecular weight is 250 g/mol. The highest BCUT2D eigenvalue weighted by molar-refractivity contribution is 5.07. The molecule has 0 aromatic carbocycles. The lowest BCUT2D eigenvalue weighted by atomic mass is 9.81. The van der Waals surface area contributed by atoms with Gasteiger partial charge in [-0.15, -0.1) is 0 Å². The van der Waals surface area contributed by atoms with Gasteiger partial charge in [-0.05, 0) is 49.9 Å². The van der Waals surface area contributed by atoms with Crippen LogP contribution in [0.15, 0.2) is 0 Å². The lowest BCUT2D eigenvalue weighted by Gasteiger charge is -2.51. The van der Waals surface area contributed by atoms with Crippen molar-refractivity contribution >= 4 is 0 Å². The topological polar surface area (TPSA) is 15.3 Å². The van der Waals surface area contributed by atoms with Crippen LogP contribution in [-0.2, 0) is 0 Å². The summed E-state index contributed by atoms with van der Waals surface area (Å²) < 4.78 is 0. The van der Waals surface area contributed by atoms with Gasteiger partial charge in [0.05, 0.1) is 0 Å². The van der Waals surface area contributed by atoms with Crippen LogP contribution in [0.4, 0.5) is 0 Å². The van der Waals surface area contributed by atoms with E-state index >= 15 is 0 Å². The van der Waals surface area contributed by atoms with E-state index in [0.717, 1.165) is 11.8 Å². The Hall–Kier alpha value is -0.0800. The number of nitrogens with one attached hydrogen (secondary N) is 1. The van der Waals surface area contributed by atoms with E-state index in [2.05, 4.69) is 37.9 Å².